The number of rotatable bonds is 6. The van der Waals surface area contributed by atoms with Crippen molar-refractivity contribution in [2.45, 2.75) is 32.7 Å². The SMILES string of the molecule is C=CC(=O)N1CCN(c2c(C#N)c(=O)n(-c3ccccc3C(C)C)c3cc(-c4c(OC)ccc(Cl)c4F)c(Cl)cc23)[C@@H](C)C1. The molecule has 2 heterocycles. The highest BCUT2D eigenvalue weighted by Gasteiger charge is 2.32. The monoisotopic (exact) mass is 632 g/mol. The van der Waals surface area contributed by atoms with Crippen molar-refractivity contribution < 1.29 is 13.9 Å². The first-order valence-corrected chi connectivity index (χ1v) is 14.9. The maximum atomic E-state index is 15.6. The molecule has 3 aromatic carbocycles. The third-order valence-electron chi connectivity index (χ3n) is 8.09. The van der Waals surface area contributed by atoms with Gasteiger partial charge in [0.05, 0.1) is 34.6 Å². The van der Waals surface area contributed by atoms with Crippen LogP contribution in [0, 0.1) is 17.1 Å². The summed E-state index contributed by atoms with van der Waals surface area (Å²) in [5, 5.41) is 11.1. The van der Waals surface area contributed by atoms with Crippen LogP contribution < -0.4 is 15.2 Å². The summed E-state index contributed by atoms with van der Waals surface area (Å²) < 4.78 is 22.6. The number of benzene rings is 3. The van der Waals surface area contributed by atoms with Gasteiger partial charge in [-0.2, -0.15) is 5.26 Å². The van der Waals surface area contributed by atoms with E-state index < -0.39 is 11.4 Å². The lowest BCUT2D eigenvalue weighted by Gasteiger charge is -2.41. The summed E-state index contributed by atoms with van der Waals surface area (Å²) in [4.78, 5) is 30.5. The van der Waals surface area contributed by atoms with Crippen molar-refractivity contribution in [1.29, 1.82) is 5.26 Å². The van der Waals surface area contributed by atoms with Crippen LogP contribution in [0.3, 0.4) is 0 Å². The van der Waals surface area contributed by atoms with Gasteiger partial charge in [-0.3, -0.25) is 14.2 Å². The van der Waals surface area contributed by atoms with Gasteiger partial charge in [0.2, 0.25) is 5.91 Å². The smallest absolute Gasteiger partial charge is 0.275 e. The Bertz CT molecular complexity index is 1910. The van der Waals surface area contributed by atoms with E-state index in [9.17, 15) is 14.9 Å². The van der Waals surface area contributed by atoms with Crippen LogP contribution in [-0.2, 0) is 4.79 Å². The number of methoxy groups -OCH3 is 1. The highest BCUT2D eigenvalue weighted by atomic mass is 35.5. The quantitative estimate of drug-likeness (QED) is 0.208. The number of amides is 1. The van der Waals surface area contributed by atoms with E-state index in [1.807, 2.05) is 49.9 Å². The number of para-hydroxylation sites is 1. The van der Waals surface area contributed by atoms with E-state index in [0.717, 1.165) is 5.56 Å². The predicted molar refractivity (Wildman–Crippen MR) is 174 cm³/mol. The van der Waals surface area contributed by atoms with Gasteiger partial charge in [-0.15, -0.1) is 0 Å². The Morgan fingerprint density at radius 1 is 1.16 bits per heavy atom. The Hall–Kier alpha value is -4.32. The zero-order valence-electron chi connectivity index (χ0n) is 24.8. The Balaban J connectivity index is 1.91. The number of pyridine rings is 1. The van der Waals surface area contributed by atoms with Crippen molar-refractivity contribution in [2.24, 2.45) is 0 Å². The van der Waals surface area contributed by atoms with Crippen molar-refractivity contribution in [2.75, 3.05) is 31.6 Å². The molecule has 5 rings (SSSR count). The number of ether oxygens (including phenoxy) is 1. The highest BCUT2D eigenvalue weighted by molar-refractivity contribution is 6.35. The minimum absolute atomic E-state index is 0.0473. The molecule has 0 unspecified atom stereocenters. The number of nitriles is 1. The first-order chi connectivity index (χ1) is 21.0. The molecule has 0 radical (unpaired) electrons. The molecule has 0 aliphatic carbocycles. The molecule has 0 N–H and O–H groups in total. The van der Waals surface area contributed by atoms with Gasteiger partial charge in [0.1, 0.15) is 17.4 Å². The molecule has 7 nitrogen and oxygen atoms in total. The van der Waals surface area contributed by atoms with Crippen LogP contribution in [0.5, 0.6) is 5.75 Å². The summed E-state index contributed by atoms with van der Waals surface area (Å²) >= 11 is 13.1. The number of carbonyl (C=O) groups excluding carboxylic acids is 1. The third-order valence-corrected chi connectivity index (χ3v) is 8.70. The van der Waals surface area contributed by atoms with Gasteiger partial charge >= 0.3 is 0 Å². The first-order valence-electron chi connectivity index (χ1n) is 14.2. The van der Waals surface area contributed by atoms with Gasteiger partial charge in [0, 0.05) is 41.6 Å². The van der Waals surface area contributed by atoms with Gasteiger partial charge in [-0.05, 0) is 54.8 Å². The molecule has 1 aliphatic heterocycles. The minimum Gasteiger partial charge on any atom is -0.496 e. The van der Waals surface area contributed by atoms with Gasteiger partial charge < -0.3 is 14.5 Å². The Labute approximate surface area is 265 Å². The van der Waals surface area contributed by atoms with Crippen LogP contribution in [-0.4, -0.2) is 48.2 Å². The maximum absolute atomic E-state index is 15.6. The molecule has 44 heavy (non-hydrogen) atoms. The molecule has 1 amide bonds. The number of hydrogen-bond donors (Lipinski definition) is 0. The average molecular weight is 634 g/mol. The first kappa shape index (κ1) is 31.1. The van der Waals surface area contributed by atoms with E-state index in [1.54, 1.807) is 23.1 Å². The van der Waals surface area contributed by atoms with Gasteiger partial charge in [-0.25, -0.2) is 4.39 Å². The number of nitrogens with zero attached hydrogens (tertiary/aromatic N) is 4. The lowest BCUT2D eigenvalue weighted by molar-refractivity contribution is -0.126. The number of anilines is 1. The Morgan fingerprint density at radius 3 is 2.52 bits per heavy atom. The van der Waals surface area contributed by atoms with Crippen LogP contribution in [0.15, 0.2) is 66.0 Å². The van der Waals surface area contributed by atoms with Crippen LogP contribution in [0.25, 0.3) is 27.7 Å². The molecular formula is C34H31Cl2FN4O3. The second kappa shape index (κ2) is 12.4. The van der Waals surface area contributed by atoms with Crippen molar-refractivity contribution in [3.63, 3.8) is 0 Å². The molecule has 1 fully saturated rings. The lowest BCUT2D eigenvalue weighted by Crippen LogP contribution is -2.54. The molecule has 0 spiro atoms. The van der Waals surface area contributed by atoms with E-state index in [4.69, 9.17) is 27.9 Å². The Morgan fingerprint density at radius 2 is 1.89 bits per heavy atom. The molecule has 1 atom stereocenters. The molecule has 1 saturated heterocycles. The van der Waals surface area contributed by atoms with E-state index in [-0.39, 0.29) is 50.4 Å². The van der Waals surface area contributed by atoms with Crippen LogP contribution >= 0.6 is 23.2 Å². The molecule has 1 aliphatic rings. The largest absolute Gasteiger partial charge is 0.496 e. The van der Waals surface area contributed by atoms with E-state index in [1.165, 1.54) is 23.8 Å². The van der Waals surface area contributed by atoms with Gasteiger partial charge in [0.25, 0.3) is 5.56 Å². The normalized spacial score (nSPS) is 15.0. The third kappa shape index (κ3) is 5.21. The van der Waals surface area contributed by atoms with Crippen molar-refractivity contribution in [1.82, 2.24) is 9.47 Å². The molecular weight excluding hydrogens is 602 g/mol. The zero-order chi connectivity index (χ0) is 31.9. The highest BCUT2D eigenvalue weighted by Crippen LogP contribution is 2.44. The molecule has 4 aromatic rings. The number of halogens is 3. The predicted octanol–water partition coefficient (Wildman–Crippen LogP) is 7.33. The lowest BCUT2D eigenvalue weighted by atomic mass is 9.97. The second-order valence-electron chi connectivity index (χ2n) is 11.0. The number of aromatic nitrogens is 1. The van der Waals surface area contributed by atoms with E-state index in [2.05, 4.69) is 12.6 Å². The molecule has 0 bridgehead atoms. The summed E-state index contributed by atoms with van der Waals surface area (Å²) in [5.74, 6) is -0.636. The van der Waals surface area contributed by atoms with Crippen LogP contribution in [0.4, 0.5) is 10.1 Å². The second-order valence-corrected chi connectivity index (χ2v) is 11.8. The Kier molecular flexibility index (Phi) is 8.73. The fourth-order valence-electron chi connectivity index (χ4n) is 5.98. The van der Waals surface area contributed by atoms with Gasteiger partial charge in [0.15, 0.2) is 5.82 Å². The molecule has 10 heteroatoms. The number of hydrogen-bond acceptors (Lipinski definition) is 5. The summed E-state index contributed by atoms with van der Waals surface area (Å²) in [6.45, 7) is 10.7. The fraction of sp³-hybridized carbons (Fsp3) is 0.265. The fourth-order valence-corrected chi connectivity index (χ4v) is 6.39. The summed E-state index contributed by atoms with van der Waals surface area (Å²) in [6, 6.07) is 15.7. The van der Waals surface area contributed by atoms with E-state index in [0.29, 0.717) is 41.9 Å². The van der Waals surface area contributed by atoms with Crippen LogP contribution in [0.2, 0.25) is 10.0 Å². The van der Waals surface area contributed by atoms with E-state index >= 15 is 4.39 Å². The zero-order valence-corrected chi connectivity index (χ0v) is 26.3. The average Bonchev–Trinajstić information content (AvgIpc) is 3.01. The topological polar surface area (TPSA) is 78.6 Å². The number of fused-ring (bicyclic) bond motifs is 1. The maximum Gasteiger partial charge on any atom is 0.275 e. The number of carbonyl (C=O) groups is 1. The van der Waals surface area contributed by atoms with Crippen molar-refractivity contribution >= 4 is 45.7 Å². The summed E-state index contributed by atoms with van der Waals surface area (Å²) in [5.41, 5.74) is 2.08. The summed E-state index contributed by atoms with van der Waals surface area (Å²) in [6.07, 6.45) is 1.27. The number of piperazine rings is 1. The van der Waals surface area contributed by atoms with Crippen LogP contribution in [0.1, 0.15) is 37.8 Å². The molecule has 0 saturated carbocycles. The molecule has 226 valence electrons. The molecule has 1 aromatic heterocycles. The summed E-state index contributed by atoms with van der Waals surface area (Å²) in [7, 11) is 1.42. The standard InChI is InChI=1S/C34H31Cl2FN4O3/c1-6-30(42)39-13-14-40(20(4)18-39)33-23-15-26(36)22(31-29(44-5)12-11-25(35)32(31)37)16-28(23)41(34(43)24(33)17-38)27-10-8-7-9-21(27)19(2)3/h6-12,15-16,19-20H,1,13-14,18H2,2-5H3/t20-/m0/s1. The van der Waals surface area contributed by atoms with Crippen molar-refractivity contribution in [3.8, 4) is 28.6 Å². The van der Waals surface area contributed by atoms with Crippen molar-refractivity contribution in [3.05, 3.63) is 98.5 Å². The minimum atomic E-state index is -0.714. The van der Waals surface area contributed by atoms with Gasteiger partial charge in [-0.1, -0.05) is 61.8 Å².